The van der Waals surface area contributed by atoms with Gasteiger partial charge < -0.3 is 20.0 Å². The molecule has 190 valence electrons. The van der Waals surface area contributed by atoms with Crippen LogP contribution in [-0.2, 0) is 14.4 Å². The van der Waals surface area contributed by atoms with Crippen LogP contribution in [0.25, 0.3) is 0 Å². The maximum Gasteiger partial charge on any atom is 0.250 e. The fourth-order valence-electron chi connectivity index (χ4n) is 6.13. The average molecular weight is 489 g/mol. The van der Waals surface area contributed by atoms with Gasteiger partial charge in [-0.2, -0.15) is 0 Å². The highest BCUT2D eigenvalue weighted by molar-refractivity contribution is 5.99. The molecular weight excluding hydrogens is 452 g/mol. The zero-order valence-corrected chi connectivity index (χ0v) is 20.9. The lowest BCUT2D eigenvalue weighted by Crippen LogP contribution is -2.57. The number of hydrogen-bond donors (Lipinski definition) is 1. The Morgan fingerprint density at radius 1 is 0.917 bits per heavy atom. The van der Waals surface area contributed by atoms with Crippen molar-refractivity contribution < 1.29 is 14.4 Å². The van der Waals surface area contributed by atoms with Crippen LogP contribution >= 0.6 is 0 Å². The van der Waals surface area contributed by atoms with Crippen molar-refractivity contribution in [3.8, 4) is 0 Å². The van der Waals surface area contributed by atoms with Crippen LogP contribution < -0.4 is 10.2 Å². The Morgan fingerprint density at radius 2 is 1.56 bits per heavy atom. The number of benzene rings is 2. The Hall–Kier alpha value is -3.35. The number of rotatable bonds is 7. The van der Waals surface area contributed by atoms with Gasteiger partial charge in [0, 0.05) is 30.9 Å². The van der Waals surface area contributed by atoms with Gasteiger partial charge in [0.25, 0.3) is 5.91 Å². The predicted molar refractivity (Wildman–Crippen MR) is 140 cm³/mol. The molecule has 7 heteroatoms. The molecule has 2 aliphatic heterocycles. The molecule has 7 nitrogen and oxygen atoms in total. The maximum atomic E-state index is 13.8. The van der Waals surface area contributed by atoms with E-state index in [1.807, 2.05) is 65.6 Å². The summed E-state index contributed by atoms with van der Waals surface area (Å²) < 4.78 is 0. The largest absolute Gasteiger partial charge is 0.342 e. The Labute approximate surface area is 213 Å². The second-order valence-corrected chi connectivity index (χ2v) is 10.4. The molecule has 0 bridgehead atoms. The number of piperidine rings is 1. The average Bonchev–Trinajstić information content (AvgIpc) is 3.52. The van der Waals surface area contributed by atoms with Crippen molar-refractivity contribution in [2.45, 2.75) is 56.9 Å². The van der Waals surface area contributed by atoms with E-state index in [4.69, 9.17) is 0 Å². The Kier molecular flexibility index (Phi) is 7.25. The normalized spacial score (nSPS) is 19.8. The summed E-state index contributed by atoms with van der Waals surface area (Å²) in [5, 5.41) is 2.89. The van der Waals surface area contributed by atoms with E-state index in [1.54, 1.807) is 4.90 Å². The second kappa shape index (κ2) is 10.7. The van der Waals surface area contributed by atoms with Gasteiger partial charge >= 0.3 is 0 Å². The van der Waals surface area contributed by atoms with Crippen LogP contribution in [0, 0.1) is 5.92 Å². The number of anilines is 2. The van der Waals surface area contributed by atoms with E-state index in [2.05, 4.69) is 10.2 Å². The summed E-state index contributed by atoms with van der Waals surface area (Å²) in [6, 6.07) is 19.2. The fourth-order valence-corrected chi connectivity index (χ4v) is 6.13. The molecule has 1 aliphatic carbocycles. The zero-order chi connectivity index (χ0) is 25.0. The number of para-hydroxylation sites is 2. The van der Waals surface area contributed by atoms with Crippen molar-refractivity contribution >= 4 is 29.1 Å². The number of nitrogens with zero attached hydrogens (tertiary/aromatic N) is 3. The maximum absolute atomic E-state index is 13.8. The topological polar surface area (TPSA) is 73.0 Å². The van der Waals surface area contributed by atoms with E-state index in [-0.39, 0.29) is 24.3 Å². The summed E-state index contributed by atoms with van der Waals surface area (Å²) in [5.41, 5.74) is 0.961. The molecular formula is C29H36N4O3. The van der Waals surface area contributed by atoms with E-state index < -0.39 is 5.54 Å². The third-order valence-corrected chi connectivity index (χ3v) is 8.16. The number of hydrogen-bond acceptors (Lipinski definition) is 4. The first kappa shape index (κ1) is 24.3. The lowest BCUT2D eigenvalue weighted by molar-refractivity contribution is -0.139. The van der Waals surface area contributed by atoms with Crippen molar-refractivity contribution in [2.24, 2.45) is 5.92 Å². The fraction of sp³-hybridized carbons (Fsp3) is 0.483. The van der Waals surface area contributed by atoms with Crippen LogP contribution in [0.1, 0.15) is 51.4 Å². The molecule has 2 saturated heterocycles. The summed E-state index contributed by atoms with van der Waals surface area (Å²) in [7, 11) is 0. The summed E-state index contributed by atoms with van der Waals surface area (Å²) in [4.78, 5) is 45.3. The van der Waals surface area contributed by atoms with E-state index in [9.17, 15) is 14.4 Å². The quantitative estimate of drug-likeness (QED) is 0.632. The number of amides is 3. The zero-order valence-electron chi connectivity index (χ0n) is 20.9. The van der Waals surface area contributed by atoms with Gasteiger partial charge in [0.1, 0.15) is 12.1 Å². The lowest BCUT2D eigenvalue weighted by Gasteiger charge is -2.43. The first-order valence-electron chi connectivity index (χ1n) is 13.3. The van der Waals surface area contributed by atoms with Gasteiger partial charge in [0.15, 0.2) is 0 Å². The highest BCUT2D eigenvalue weighted by atomic mass is 16.2. The Balaban J connectivity index is 1.26. The van der Waals surface area contributed by atoms with Crippen LogP contribution in [0.2, 0.25) is 0 Å². The number of likely N-dealkylation sites (tertiary alicyclic amines) is 1. The van der Waals surface area contributed by atoms with Gasteiger partial charge in [0.2, 0.25) is 11.8 Å². The SMILES string of the molecule is O=C(CN1CN(c2ccccc2)C2(CCN(C(=O)CCC3CCCC3)CC2)C1=O)Nc1ccccc1. The molecule has 1 saturated carbocycles. The summed E-state index contributed by atoms with van der Waals surface area (Å²) in [6.45, 7) is 1.51. The van der Waals surface area contributed by atoms with Gasteiger partial charge in [-0.3, -0.25) is 14.4 Å². The Morgan fingerprint density at radius 3 is 2.22 bits per heavy atom. The van der Waals surface area contributed by atoms with Gasteiger partial charge in [0.05, 0.1) is 6.67 Å². The van der Waals surface area contributed by atoms with E-state index in [0.29, 0.717) is 50.6 Å². The van der Waals surface area contributed by atoms with Crippen molar-refractivity contribution in [1.82, 2.24) is 9.80 Å². The summed E-state index contributed by atoms with van der Waals surface area (Å²) in [6.07, 6.45) is 7.85. The van der Waals surface area contributed by atoms with Crippen LogP contribution in [0.3, 0.4) is 0 Å². The minimum atomic E-state index is -0.726. The lowest BCUT2D eigenvalue weighted by atomic mass is 9.85. The van der Waals surface area contributed by atoms with Gasteiger partial charge in [-0.25, -0.2) is 0 Å². The molecule has 2 aromatic rings. The first-order valence-corrected chi connectivity index (χ1v) is 13.3. The first-order chi connectivity index (χ1) is 17.5. The number of carbonyl (C=O) groups excluding carboxylic acids is 3. The van der Waals surface area contributed by atoms with E-state index in [0.717, 1.165) is 12.1 Å². The minimum absolute atomic E-state index is 0.00282. The van der Waals surface area contributed by atoms with Crippen molar-refractivity contribution in [1.29, 1.82) is 0 Å². The highest BCUT2D eigenvalue weighted by Gasteiger charge is 2.54. The standard InChI is InChI=1S/C29H36N4O3/c34-26(30-24-11-3-1-4-12-24)21-32-22-33(25-13-5-2-6-14-25)29(28(32)36)17-19-31(20-18-29)27(35)16-15-23-9-7-8-10-23/h1-6,11-14,23H,7-10,15-22H2,(H,30,34). The molecule has 0 atom stereocenters. The van der Waals surface area contributed by atoms with Crippen LogP contribution in [-0.4, -0.2) is 59.4 Å². The van der Waals surface area contributed by atoms with Crippen LogP contribution in [0.4, 0.5) is 11.4 Å². The molecule has 2 aromatic carbocycles. The molecule has 3 aliphatic rings. The summed E-state index contributed by atoms with van der Waals surface area (Å²) in [5.74, 6) is 0.685. The monoisotopic (exact) mass is 488 g/mol. The van der Waals surface area contributed by atoms with E-state index in [1.165, 1.54) is 25.7 Å². The Bertz CT molecular complexity index is 1060. The van der Waals surface area contributed by atoms with Crippen molar-refractivity contribution in [3.05, 3.63) is 60.7 Å². The van der Waals surface area contributed by atoms with Crippen molar-refractivity contribution in [3.63, 3.8) is 0 Å². The molecule has 0 unspecified atom stereocenters. The minimum Gasteiger partial charge on any atom is -0.342 e. The molecule has 3 fully saturated rings. The molecule has 0 aromatic heterocycles. The van der Waals surface area contributed by atoms with Crippen LogP contribution in [0.5, 0.6) is 0 Å². The third kappa shape index (κ3) is 5.11. The van der Waals surface area contributed by atoms with Gasteiger partial charge in [-0.1, -0.05) is 62.1 Å². The molecule has 3 amide bonds. The van der Waals surface area contributed by atoms with Gasteiger partial charge in [-0.15, -0.1) is 0 Å². The van der Waals surface area contributed by atoms with Gasteiger partial charge in [-0.05, 0) is 49.4 Å². The molecule has 1 N–H and O–H groups in total. The summed E-state index contributed by atoms with van der Waals surface area (Å²) >= 11 is 0. The van der Waals surface area contributed by atoms with Crippen LogP contribution in [0.15, 0.2) is 60.7 Å². The third-order valence-electron chi connectivity index (χ3n) is 8.16. The number of nitrogens with one attached hydrogen (secondary N) is 1. The molecule has 36 heavy (non-hydrogen) atoms. The van der Waals surface area contributed by atoms with Crippen molar-refractivity contribution in [2.75, 3.05) is 36.5 Å². The molecule has 0 radical (unpaired) electrons. The molecule has 1 spiro atoms. The van der Waals surface area contributed by atoms with E-state index >= 15 is 0 Å². The predicted octanol–water partition coefficient (Wildman–Crippen LogP) is 4.26. The second-order valence-electron chi connectivity index (χ2n) is 10.4. The smallest absolute Gasteiger partial charge is 0.250 e. The molecule has 2 heterocycles. The highest BCUT2D eigenvalue weighted by Crippen LogP contribution is 2.39. The number of carbonyl (C=O) groups is 3. The molecule has 5 rings (SSSR count).